The van der Waals surface area contributed by atoms with Gasteiger partial charge in [-0.3, -0.25) is 9.59 Å². The number of hydrogen-bond donors (Lipinski definition) is 1. The van der Waals surface area contributed by atoms with Crippen LogP contribution in [0.2, 0.25) is 5.02 Å². The molecule has 0 saturated heterocycles. The number of fused-ring (bicyclic) bond motifs is 1. The molecule has 0 spiro atoms. The summed E-state index contributed by atoms with van der Waals surface area (Å²) in [6.07, 6.45) is 0.544. The highest BCUT2D eigenvalue weighted by molar-refractivity contribution is 6.32. The Labute approximate surface area is 90.7 Å². The van der Waals surface area contributed by atoms with Crippen LogP contribution < -0.4 is 5.56 Å². The Kier molecular flexibility index (Phi) is 2.32. The van der Waals surface area contributed by atoms with Crippen molar-refractivity contribution in [1.82, 2.24) is 4.98 Å². The van der Waals surface area contributed by atoms with Crippen LogP contribution in [0.5, 0.6) is 0 Å². The van der Waals surface area contributed by atoms with E-state index in [1.165, 1.54) is 0 Å². The van der Waals surface area contributed by atoms with Gasteiger partial charge in [-0.05, 0) is 30.0 Å². The van der Waals surface area contributed by atoms with Crippen molar-refractivity contribution in [3.8, 4) is 0 Å². The Morgan fingerprint density at radius 1 is 1.40 bits per heavy atom. The van der Waals surface area contributed by atoms with Crippen molar-refractivity contribution >= 4 is 28.8 Å². The van der Waals surface area contributed by atoms with Gasteiger partial charge < -0.3 is 4.98 Å². The van der Waals surface area contributed by atoms with Crippen molar-refractivity contribution in [3.05, 3.63) is 44.7 Å². The minimum atomic E-state index is -0.386. The highest BCUT2D eigenvalue weighted by Crippen LogP contribution is 2.22. The zero-order valence-electron chi connectivity index (χ0n) is 8.00. The van der Waals surface area contributed by atoms with Crippen LogP contribution in [0, 0.1) is 6.92 Å². The molecule has 1 heterocycles. The number of aromatic amines is 1. The number of carbonyl (C=O) groups excluding carboxylic acids is 1. The molecule has 4 heteroatoms. The van der Waals surface area contributed by atoms with Crippen LogP contribution in [0.1, 0.15) is 15.9 Å². The minimum Gasteiger partial charge on any atom is -0.321 e. The Morgan fingerprint density at radius 3 is 2.80 bits per heavy atom. The van der Waals surface area contributed by atoms with E-state index >= 15 is 0 Å². The zero-order valence-corrected chi connectivity index (χ0v) is 8.76. The third kappa shape index (κ3) is 1.55. The van der Waals surface area contributed by atoms with Crippen LogP contribution in [-0.2, 0) is 0 Å². The fraction of sp³-hybridized carbons (Fsp3) is 0.0909. The minimum absolute atomic E-state index is 0.129. The maximum atomic E-state index is 11.4. The first kappa shape index (κ1) is 9.93. The molecule has 1 aromatic heterocycles. The summed E-state index contributed by atoms with van der Waals surface area (Å²) in [5.74, 6) is 0. The Morgan fingerprint density at radius 2 is 2.13 bits per heavy atom. The molecule has 0 bridgehead atoms. The number of aldehydes is 1. The van der Waals surface area contributed by atoms with Gasteiger partial charge in [0.2, 0.25) is 0 Å². The smallest absolute Gasteiger partial charge is 0.259 e. The predicted molar refractivity (Wildman–Crippen MR) is 59.7 cm³/mol. The summed E-state index contributed by atoms with van der Waals surface area (Å²) in [4.78, 5) is 24.6. The van der Waals surface area contributed by atoms with Gasteiger partial charge in [0.25, 0.3) is 5.56 Å². The zero-order chi connectivity index (χ0) is 11.0. The molecule has 0 unspecified atom stereocenters. The average Bonchev–Trinajstić information content (AvgIpc) is 2.24. The number of nitrogens with one attached hydrogen (secondary N) is 1. The number of carbonyl (C=O) groups is 1. The third-order valence-corrected chi connectivity index (χ3v) is 2.78. The van der Waals surface area contributed by atoms with Crippen LogP contribution >= 0.6 is 11.6 Å². The van der Waals surface area contributed by atoms with Crippen LogP contribution in [0.4, 0.5) is 0 Å². The van der Waals surface area contributed by atoms with E-state index in [2.05, 4.69) is 4.98 Å². The predicted octanol–water partition coefficient (Wildman–Crippen LogP) is 2.30. The van der Waals surface area contributed by atoms with Crippen LogP contribution in [0.25, 0.3) is 10.9 Å². The van der Waals surface area contributed by atoms with Crippen molar-refractivity contribution in [3.63, 3.8) is 0 Å². The van der Waals surface area contributed by atoms with Crippen molar-refractivity contribution in [2.45, 2.75) is 6.92 Å². The Hall–Kier alpha value is -1.61. The third-order valence-electron chi connectivity index (χ3n) is 2.37. The van der Waals surface area contributed by atoms with Gasteiger partial charge in [0.1, 0.15) is 0 Å². The number of halogens is 1. The topological polar surface area (TPSA) is 49.9 Å². The molecule has 1 N–H and O–H groups in total. The number of pyridine rings is 1. The molecule has 2 aromatic rings. The van der Waals surface area contributed by atoms with Crippen LogP contribution in [0.3, 0.4) is 0 Å². The maximum Gasteiger partial charge on any atom is 0.259 e. The molecule has 1 aromatic carbocycles. The lowest BCUT2D eigenvalue weighted by Gasteiger charge is -2.04. The molecule has 3 nitrogen and oxygen atoms in total. The summed E-state index contributed by atoms with van der Waals surface area (Å²) >= 11 is 5.92. The normalized spacial score (nSPS) is 10.5. The molecule has 0 amide bonds. The van der Waals surface area contributed by atoms with Gasteiger partial charge in [0.05, 0.1) is 11.1 Å². The highest BCUT2D eigenvalue weighted by Gasteiger charge is 2.05. The highest BCUT2D eigenvalue weighted by atomic mass is 35.5. The molecule has 0 fully saturated rings. The van der Waals surface area contributed by atoms with Crippen molar-refractivity contribution < 1.29 is 4.79 Å². The van der Waals surface area contributed by atoms with E-state index in [1.807, 2.05) is 6.92 Å². The largest absolute Gasteiger partial charge is 0.321 e. The van der Waals surface area contributed by atoms with Crippen molar-refractivity contribution in [1.29, 1.82) is 0 Å². The van der Waals surface area contributed by atoms with Gasteiger partial charge in [-0.2, -0.15) is 0 Å². The number of hydrogen-bond acceptors (Lipinski definition) is 2. The summed E-state index contributed by atoms with van der Waals surface area (Å²) in [5.41, 5.74) is 1.23. The lowest BCUT2D eigenvalue weighted by molar-refractivity contribution is 0.112. The van der Waals surface area contributed by atoms with Crippen molar-refractivity contribution in [2.75, 3.05) is 0 Å². The molecule has 0 radical (unpaired) electrons. The van der Waals surface area contributed by atoms with E-state index in [1.54, 1.807) is 18.2 Å². The molecule has 0 aliphatic rings. The summed E-state index contributed by atoms with van der Waals surface area (Å²) in [5, 5.41) is 1.40. The van der Waals surface area contributed by atoms with E-state index in [0.717, 1.165) is 10.9 Å². The first-order valence-electron chi connectivity index (χ1n) is 4.41. The lowest BCUT2D eigenvalue weighted by atomic mass is 10.1. The number of benzene rings is 1. The molecule has 76 valence electrons. The summed E-state index contributed by atoms with van der Waals surface area (Å²) in [7, 11) is 0. The molecule has 2 rings (SSSR count). The van der Waals surface area contributed by atoms with E-state index in [4.69, 9.17) is 11.6 Å². The second kappa shape index (κ2) is 3.51. The molecular formula is C11H8ClNO2. The summed E-state index contributed by atoms with van der Waals surface area (Å²) < 4.78 is 0. The van der Waals surface area contributed by atoms with Gasteiger partial charge in [-0.1, -0.05) is 17.7 Å². The van der Waals surface area contributed by atoms with E-state index < -0.39 is 0 Å². The van der Waals surface area contributed by atoms with E-state index in [0.29, 0.717) is 16.8 Å². The first-order valence-corrected chi connectivity index (χ1v) is 4.78. The van der Waals surface area contributed by atoms with Gasteiger partial charge >= 0.3 is 0 Å². The monoisotopic (exact) mass is 221 g/mol. The van der Waals surface area contributed by atoms with Gasteiger partial charge in [0, 0.05) is 5.02 Å². The fourth-order valence-corrected chi connectivity index (χ4v) is 1.66. The summed E-state index contributed by atoms with van der Waals surface area (Å²) in [6.45, 7) is 1.82. The van der Waals surface area contributed by atoms with Gasteiger partial charge in [-0.15, -0.1) is 0 Å². The second-order valence-electron chi connectivity index (χ2n) is 3.31. The standard InChI is InChI=1S/C11H8ClNO2/c1-6-9(12)3-2-7-4-8(5-14)11(15)13-10(6)7/h2-5H,1H3,(H,13,15). The second-order valence-corrected chi connectivity index (χ2v) is 3.72. The molecule has 0 saturated carbocycles. The molecule has 0 atom stereocenters. The molecule has 15 heavy (non-hydrogen) atoms. The number of aromatic nitrogens is 1. The number of rotatable bonds is 1. The Bertz CT molecular complexity index is 601. The average molecular weight is 222 g/mol. The van der Waals surface area contributed by atoms with Crippen molar-refractivity contribution in [2.24, 2.45) is 0 Å². The quantitative estimate of drug-likeness (QED) is 0.752. The van der Waals surface area contributed by atoms with E-state index in [-0.39, 0.29) is 11.1 Å². The molecular weight excluding hydrogens is 214 g/mol. The number of aryl methyl sites for hydroxylation is 1. The van der Waals surface area contributed by atoms with Gasteiger partial charge in [0.15, 0.2) is 6.29 Å². The molecule has 0 aliphatic heterocycles. The Balaban J connectivity index is 2.93. The lowest BCUT2D eigenvalue weighted by Crippen LogP contribution is -2.11. The fourth-order valence-electron chi connectivity index (χ4n) is 1.50. The van der Waals surface area contributed by atoms with Crippen LogP contribution in [-0.4, -0.2) is 11.3 Å². The molecule has 0 aliphatic carbocycles. The van der Waals surface area contributed by atoms with Crippen LogP contribution in [0.15, 0.2) is 23.0 Å². The number of H-pyrrole nitrogens is 1. The maximum absolute atomic E-state index is 11.4. The van der Waals surface area contributed by atoms with E-state index in [9.17, 15) is 9.59 Å². The summed E-state index contributed by atoms with van der Waals surface area (Å²) in [6, 6.07) is 5.07. The van der Waals surface area contributed by atoms with Gasteiger partial charge in [-0.25, -0.2) is 0 Å². The first-order chi connectivity index (χ1) is 7.13. The SMILES string of the molecule is Cc1c(Cl)ccc2cc(C=O)c(=O)[nH]c12.